The number of hydrogen-bond donors (Lipinski definition) is 9. The summed E-state index contributed by atoms with van der Waals surface area (Å²) in [4.78, 5) is 0. The lowest BCUT2D eigenvalue weighted by molar-refractivity contribution is -0.395. The van der Waals surface area contributed by atoms with Crippen LogP contribution in [0.4, 0.5) is 0 Å². The molecule has 1 aliphatic rings. The quantitative estimate of drug-likeness (QED) is 0.171. The van der Waals surface area contributed by atoms with Crippen molar-refractivity contribution >= 4 is 0 Å². The molecule has 0 aliphatic carbocycles. The number of aliphatic hydroxyl groups is 7. The second-order valence-electron chi connectivity index (χ2n) is 2.91. The summed E-state index contributed by atoms with van der Waals surface area (Å²) in [5, 5.41) is 63.0. The third-order valence-corrected chi connectivity index (χ3v) is 1.90. The Morgan fingerprint density at radius 3 is 1.23 bits per heavy atom. The van der Waals surface area contributed by atoms with Crippen LogP contribution in [0.15, 0.2) is 0 Å². The average molecular weight is 198 g/mol. The van der Waals surface area contributed by atoms with Gasteiger partial charge in [0.15, 0.2) is 0 Å². The van der Waals surface area contributed by atoms with Crippen molar-refractivity contribution in [3.05, 3.63) is 0 Å². The molecule has 0 saturated carbocycles. The van der Waals surface area contributed by atoms with E-state index < -0.39 is 23.3 Å². The van der Waals surface area contributed by atoms with E-state index in [1.165, 1.54) is 0 Å². The zero-order valence-electron chi connectivity index (χ0n) is 6.21. The predicted molar refractivity (Wildman–Crippen MR) is 33.8 cm³/mol. The molecule has 1 fully saturated rings. The molecule has 1 saturated heterocycles. The first kappa shape index (κ1) is 10.7. The molecule has 78 valence electrons. The highest BCUT2D eigenvalue weighted by molar-refractivity contribution is 5.10. The molecule has 0 aromatic heterocycles. The zero-order chi connectivity index (χ0) is 10.7. The maximum absolute atomic E-state index is 8.98. The molecule has 1 atom stereocenters. The Morgan fingerprint density at radius 2 is 1.15 bits per heavy atom. The van der Waals surface area contributed by atoms with Crippen molar-refractivity contribution in [2.24, 2.45) is 5.73 Å². The fourth-order valence-corrected chi connectivity index (χ4v) is 0.934. The molecule has 9 heteroatoms. The summed E-state index contributed by atoms with van der Waals surface area (Å²) < 4.78 is 0. The Bertz CT molecular complexity index is 211. The van der Waals surface area contributed by atoms with Crippen LogP contribution in [-0.4, -0.2) is 59.1 Å². The first-order valence-corrected chi connectivity index (χ1v) is 3.10. The lowest BCUT2D eigenvalue weighted by atomic mass is 10.0. The predicted octanol–water partition coefficient (Wildman–Crippen LogP) is -5.81. The molecule has 1 heterocycles. The molecule has 9 nitrogen and oxygen atoms in total. The van der Waals surface area contributed by atoms with Crippen molar-refractivity contribution in [3.63, 3.8) is 0 Å². The molecule has 0 amide bonds. The van der Waals surface area contributed by atoms with Crippen LogP contribution < -0.4 is 11.1 Å². The van der Waals surface area contributed by atoms with E-state index in [9.17, 15) is 0 Å². The van der Waals surface area contributed by atoms with E-state index in [-0.39, 0.29) is 0 Å². The lowest BCUT2D eigenvalue weighted by Gasteiger charge is -2.35. The number of nitrogens with one attached hydrogen (secondary N) is 1. The van der Waals surface area contributed by atoms with Gasteiger partial charge in [-0.2, -0.15) is 0 Å². The molecule has 0 spiro atoms. The van der Waals surface area contributed by atoms with Gasteiger partial charge in [0.25, 0.3) is 17.6 Å². The number of rotatable bonds is 0. The minimum Gasteiger partial charge on any atom is -0.365 e. The maximum Gasteiger partial charge on any atom is 0.288 e. The molecular formula is C4H10N2O7. The number of hydrogen-bond acceptors (Lipinski definition) is 9. The van der Waals surface area contributed by atoms with Crippen molar-refractivity contribution in [2.75, 3.05) is 0 Å². The second-order valence-corrected chi connectivity index (χ2v) is 2.91. The van der Waals surface area contributed by atoms with Crippen LogP contribution in [0.5, 0.6) is 0 Å². The van der Waals surface area contributed by atoms with E-state index in [2.05, 4.69) is 5.73 Å². The molecule has 1 aliphatic heterocycles. The van der Waals surface area contributed by atoms with E-state index in [1.54, 1.807) is 0 Å². The van der Waals surface area contributed by atoms with Crippen molar-refractivity contribution < 1.29 is 35.7 Å². The van der Waals surface area contributed by atoms with E-state index in [1.807, 2.05) is 0 Å². The van der Waals surface area contributed by atoms with E-state index >= 15 is 0 Å². The van der Waals surface area contributed by atoms with Gasteiger partial charge >= 0.3 is 0 Å². The first-order valence-electron chi connectivity index (χ1n) is 3.10. The second kappa shape index (κ2) is 2.17. The van der Waals surface area contributed by atoms with Crippen molar-refractivity contribution in [1.29, 1.82) is 0 Å². The third-order valence-electron chi connectivity index (χ3n) is 1.90. The standard InChI is InChI=1S/C4H10N2O7/c5-1(7)2(8,9)4(12,13)6-3(1,10)11/h6-13H,5H2. The van der Waals surface area contributed by atoms with Gasteiger partial charge in [-0.25, -0.2) is 5.32 Å². The minimum atomic E-state index is -3.75. The highest BCUT2D eigenvalue weighted by atomic mass is 16.7. The monoisotopic (exact) mass is 198 g/mol. The zero-order valence-corrected chi connectivity index (χ0v) is 6.21. The summed E-state index contributed by atoms with van der Waals surface area (Å²) in [5.41, 5.74) is 1.21. The smallest absolute Gasteiger partial charge is 0.288 e. The third kappa shape index (κ3) is 1.02. The molecule has 0 aromatic carbocycles. The lowest BCUT2D eigenvalue weighted by Crippen LogP contribution is -2.72. The minimum absolute atomic E-state index is 1.10. The Hall–Kier alpha value is -0.360. The van der Waals surface area contributed by atoms with Gasteiger partial charge in [-0.15, -0.1) is 0 Å². The first-order chi connectivity index (χ1) is 5.46. The Labute approximate surface area is 71.3 Å². The van der Waals surface area contributed by atoms with Gasteiger partial charge in [0.1, 0.15) is 0 Å². The average Bonchev–Trinajstić information content (AvgIpc) is 1.88. The van der Waals surface area contributed by atoms with Crippen molar-refractivity contribution in [1.82, 2.24) is 5.32 Å². The van der Waals surface area contributed by atoms with Crippen LogP contribution in [-0.2, 0) is 0 Å². The highest BCUT2D eigenvalue weighted by Crippen LogP contribution is 2.37. The van der Waals surface area contributed by atoms with Gasteiger partial charge < -0.3 is 35.7 Å². The molecule has 0 aromatic rings. The normalized spacial score (nSPS) is 40.6. The molecule has 1 rings (SSSR count). The van der Waals surface area contributed by atoms with Crippen LogP contribution in [0.25, 0.3) is 0 Å². The topological polar surface area (TPSA) is 180 Å². The summed E-state index contributed by atoms with van der Waals surface area (Å²) >= 11 is 0. The van der Waals surface area contributed by atoms with Crippen molar-refractivity contribution in [2.45, 2.75) is 23.3 Å². The molecule has 0 bridgehead atoms. The Kier molecular flexibility index (Phi) is 1.79. The molecule has 10 N–H and O–H groups in total. The van der Waals surface area contributed by atoms with Gasteiger partial charge in [-0.05, 0) is 0 Å². The summed E-state index contributed by atoms with van der Waals surface area (Å²) in [7, 11) is 0. The van der Waals surface area contributed by atoms with E-state index in [0.717, 1.165) is 5.32 Å². The summed E-state index contributed by atoms with van der Waals surface area (Å²) in [6, 6.07) is 0. The van der Waals surface area contributed by atoms with Gasteiger partial charge in [-0.1, -0.05) is 0 Å². The molecule has 0 radical (unpaired) electrons. The van der Waals surface area contributed by atoms with Crippen LogP contribution in [0.2, 0.25) is 0 Å². The van der Waals surface area contributed by atoms with E-state index in [4.69, 9.17) is 35.7 Å². The van der Waals surface area contributed by atoms with Gasteiger partial charge in [0.2, 0.25) is 5.72 Å². The van der Waals surface area contributed by atoms with Crippen molar-refractivity contribution in [3.8, 4) is 0 Å². The number of nitrogens with two attached hydrogens (primary N) is 1. The van der Waals surface area contributed by atoms with Gasteiger partial charge in [0.05, 0.1) is 0 Å². The molecule has 13 heavy (non-hydrogen) atoms. The SMILES string of the molecule is NC1(O)C(O)(O)NC(O)(O)C1(O)O. The Morgan fingerprint density at radius 1 is 0.769 bits per heavy atom. The van der Waals surface area contributed by atoms with Crippen LogP contribution in [0, 0.1) is 0 Å². The summed E-state index contributed by atoms with van der Waals surface area (Å²) in [6.45, 7) is 0. The van der Waals surface area contributed by atoms with Gasteiger partial charge in [-0.3, -0.25) is 5.73 Å². The molecule has 1 unspecified atom stereocenters. The largest absolute Gasteiger partial charge is 0.365 e. The fourth-order valence-electron chi connectivity index (χ4n) is 0.934. The maximum atomic E-state index is 8.98. The van der Waals surface area contributed by atoms with Gasteiger partial charge in [0, 0.05) is 0 Å². The highest BCUT2D eigenvalue weighted by Gasteiger charge is 2.77. The fraction of sp³-hybridized carbons (Fsp3) is 1.00. The summed E-state index contributed by atoms with van der Waals surface area (Å²) in [6.07, 6.45) is 0. The summed E-state index contributed by atoms with van der Waals surface area (Å²) in [5.74, 6) is -10.8. The van der Waals surface area contributed by atoms with E-state index in [0.29, 0.717) is 0 Å². The van der Waals surface area contributed by atoms with Crippen LogP contribution in [0.3, 0.4) is 0 Å². The molecular weight excluding hydrogens is 188 g/mol. The van der Waals surface area contributed by atoms with Crippen LogP contribution in [0.1, 0.15) is 0 Å². The van der Waals surface area contributed by atoms with Crippen LogP contribution >= 0.6 is 0 Å². The Balaban J connectivity index is 3.24.